The molecule has 112 valence electrons. The normalized spacial score (nSPS) is 11.8. The summed E-state index contributed by atoms with van der Waals surface area (Å²) in [7, 11) is 4.17. The van der Waals surface area contributed by atoms with Gasteiger partial charge in [0.15, 0.2) is 0 Å². The zero-order chi connectivity index (χ0) is 15.2. The van der Waals surface area contributed by atoms with Crippen molar-refractivity contribution in [2.24, 2.45) is 5.41 Å². The Kier molecular flexibility index (Phi) is 6.17. The second-order valence-corrected chi connectivity index (χ2v) is 6.39. The number of carbonyl (C=O) groups is 1. The molecule has 0 aliphatic rings. The third-order valence-electron chi connectivity index (χ3n) is 3.06. The van der Waals surface area contributed by atoms with Gasteiger partial charge in [0.2, 0.25) is 0 Å². The van der Waals surface area contributed by atoms with Crippen LogP contribution in [-0.2, 0) is 17.8 Å². The van der Waals surface area contributed by atoms with E-state index in [9.17, 15) is 4.79 Å². The number of benzene rings is 1. The topological polar surface area (TPSA) is 52.6 Å². The SMILES string of the molecule is CN(C)CC(C)(C)CNCc1ccc(CC(=O)O)cc1. The molecular formula is C16H26N2O2. The third kappa shape index (κ3) is 6.68. The van der Waals surface area contributed by atoms with Crippen LogP contribution in [0.15, 0.2) is 24.3 Å². The van der Waals surface area contributed by atoms with Gasteiger partial charge in [-0.2, -0.15) is 0 Å². The minimum Gasteiger partial charge on any atom is -0.481 e. The van der Waals surface area contributed by atoms with Crippen molar-refractivity contribution in [3.8, 4) is 0 Å². The monoisotopic (exact) mass is 278 g/mol. The fourth-order valence-electron chi connectivity index (χ4n) is 2.41. The molecule has 0 amide bonds. The Balaban J connectivity index is 2.40. The van der Waals surface area contributed by atoms with Crippen molar-refractivity contribution in [3.05, 3.63) is 35.4 Å². The number of rotatable bonds is 8. The van der Waals surface area contributed by atoms with Crippen LogP contribution in [0.4, 0.5) is 0 Å². The lowest BCUT2D eigenvalue weighted by Gasteiger charge is -2.28. The molecule has 0 saturated heterocycles. The lowest BCUT2D eigenvalue weighted by molar-refractivity contribution is -0.136. The number of aliphatic carboxylic acids is 1. The Morgan fingerprint density at radius 2 is 1.75 bits per heavy atom. The molecular weight excluding hydrogens is 252 g/mol. The zero-order valence-corrected chi connectivity index (χ0v) is 12.9. The number of hydrogen-bond donors (Lipinski definition) is 2. The van der Waals surface area contributed by atoms with E-state index >= 15 is 0 Å². The van der Waals surface area contributed by atoms with Crippen molar-refractivity contribution in [2.45, 2.75) is 26.8 Å². The number of carboxylic acid groups (broad SMARTS) is 1. The van der Waals surface area contributed by atoms with Crippen molar-refractivity contribution in [3.63, 3.8) is 0 Å². The third-order valence-corrected chi connectivity index (χ3v) is 3.06. The van der Waals surface area contributed by atoms with Gasteiger partial charge in [-0.25, -0.2) is 0 Å². The molecule has 0 aliphatic carbocycles. The highest BCUT2D eigenvalue weighted by atomic mass is 16.4. The molecule has 2 N–H and O–H groups in total. The van der Waals surface area contributed by atoms with Gasteiger partial charge in [0.1, 0.15) is 0 Å². The maximum atomic E-state index is 10.6. The summed E-state index contributed by atoms with van der Waals surface area (Å²) in [6.45, 7) is 7.29. The summed E-state index contributed by atoms with van der Waals surface area (Å²) in [4.78, 5) is 12.8. The summed E-state index contributed by atoms with van der Waals surface area (Å²) in [5.41, 5.74) is 2.25. The highest BCUT2D eigenvalue weighted by Crippen LogP contribution is 2.14. The standard InChI is InChI=1S/C16H26N2O2/c1-16(2,12-18(3)4)11-17-10-14-7-5-13(6-8-14)9-15(19)20/h5-8,17H,9-12H2,1-4H3,(H,19,20). The highest BCUT2D eigenvalue weighted by molar-refractivity contribution is 5.70. The molecule has 0 unspecified atom stereocenters. The van der Waals surface area contributed by atoms with Crippen LogP contribution >= 0.6 is 0 Å². The second-order valence-electron chi connectivity index (χ2n) is 6.39. The first kappa shape index (κ1) is 16.7. The molecule has 0 aliphatic heterocycles. The fraction of sp³-hybridized carbons (Fsp3) is 0.562. The van der Waals surface area contributed by atoms with Crippen LogP contribution < -0.4 is 5.32 Å². The van der Waals surface area contributed by atoms with Crippen LogP contribution in [0.2, 0.25) is 0 Å². The van der Waals surface area contributed by atoms with Gasteiger partial charge in [0.05, 0.1) is 6.42 Å². The Morgan fingerprint density at radius 1 is 1.20 bits per heavy atom. The van der Waals surface area contributed by atoms with Crippen molar-refractivity contribution in [1.82, 2.24) is 10.2 Å². The van der Waals surface area contributed by atoms with E-state index in [1.165, 1.54) is 5.56 Å². The van der Waals surface area contributed by atoms with E-state index in [2.05, 4.69) is 38.2 Å². The van der Waals surface area contributed by atoms with Crippen molar-refractivity contribution < 1.29 is 9.90 Å². The maximum Gasteiger partial charge on any atom is 0.307 e. The van der Waals surface area contributed by atoms with E-state index < -0.39 is 5.97 Å². The van der Waals surface area contributed by atoms with Gasteiger partial charge in [0, 0.05) is 19.6 Å². The van der Waals surface area contributed by atoms with Crippen LogP contribution in [-0.4, -0.2) is 43.2 Å². The summed E-state index contributed by atoms with van der Waals surface area (Å²) >= 11 is 0. The van der Waals surface area contributed by atoms with Crippen LogP contribution in [0.1, 0.15) is 25.0 Å². The highest BCUT2D eigenvalue weighted by Gasteiger charge is 2.17. The predicted molar refractivity (Wildman–Crippen MR) is 81.8 cm³/mol. The molecule has 0 bridgehead atoms. The van der Waals surface area contributed by atoms with Gasteiger partial charge in [-0.15, -0.1) is 0 Å². The molecule has 0 spiro atoms. The van der Waals surface area contributed by atoms with E-state index in [0.717, 1.165) is 25.2 Å². The maximum absolute atomic E-state index is 10.6. The van der Waals surface area contributed by atoms with Gasteiger partial charge < -0.3 is 15.3 Å². The molecule has 1 rings (SSSR count). The average molecular weight is 278 g/mol. The van der Waals surface area contributed by atoms with E-state index in [1.54, 1.807) is 0 Å². The summed E-state index contributed by atoms with van der Waals surface area (Å²) in [6.07, 6.45) is 0.0869. The lowest BCUT2D eigenvalue weighted by atomic mass is 9.93. The van der Waals surface area contributed by atoms with Crippen LogP contribution in [0.25, 0.3) is 0 Å². The van der Waals surface area contributed by atoms with Crippen LogP contribution in [0, 0.1) is 5.41 Å². The molecule has 0 atom stereocenters. The Morgan fingerprint density at radius 3 is 2.25 bits per heavy atom. The number of nitrogens with zero attached hydrogens (tertiary/aromatic N) is 1. The van der Waals surface area contributed by atoms with E-state index in [4.69, 9.17) is 5.11 Å². The molecule has 20 heavy (non-hydrogen) atoms. The quantitative estimate of drug-likeness (QED) is 0.763. The first-order chi connectivity index (χ1) is 9.28. The molecule has 0 aromatic heterocycles. The summed E-state index contributed by atoms with van der Waals surface area (Å²) in [6, 6.07) is 7.75. The molecule has 0 heterocycles. The molecule has 0 fully saturated rings. The largest absolute Gasteiger partial charge is 0.481 e. The van der Waals surface area contributed by atoms with Gasteiger partial charge >= 0.3 is 5.97 Å². The first-order valence-electron chi connectivity index (χ1n) is 6.93. The Bertz CT molecular complexity index is 425. The molecule has 1 aromatic rings. The van der Waals surface area contributed by atoms with Crippen LogP contribution in [0.3, 0.4) is 0 Å². The number of hydrogen-bond acceptors (Lipinski definition) is 3. The van der Waals surface area contributed by atoms with E-state index in [-0.39, 0.29) is 11.8 Å². The lowest BCUT2D eigenvalue weighted by Crippen LogP contribution is -2.37. The van der Waals surface area contributed by atoms with Crippen molar-refractivity contribution in [1.29, 1.82) is 0 Å². The fourth-order valence-corrected chi connectivity index (χ4v) is 2.41. The Labute approximate surface area is 121 Å². The first-order valence-corrected chi connectivity index (χ1v) is 6.93. The van der Waals surface area contributed by atoms with Crippen molar-refractivity contribution >= 4 is 5.97 Å². The van der Waals surface area contributed by atoms with E-state index in [0.29, 0.717) is 0 Å². The molecule has 0 radical (unpaired) electrons. The summed E-state index contributed by atoms with van der Waals surface area (Å²) in [5, 5.41) is 12.2. The average Bonchev–Trinajstić information content (AvgIpc) is 2.28. The molecule has 4 heteroatoms. The minimum absolute atomic E-state index is 0.0869. The summed E-state index contributed by atoms with van der Waals surface area (Å²) in [5.74, 6) is -0.790. The van der Waals surface area contributed by atoms with Crippen LogP contribution in [0.5, 0.6) is 0 Å². The van der Waals surface area contributed by atoms with Gasteiger partial charge in [-0.05, 0) is 30.6 Å². The summed E-state index contributed by atoms with van der Waals surface area (Å²) < 4.78 is 0. The van der Waals surface area contributed by atoms with Gasteiger partial charge in [-0.3, -0.25) is 4.79 Å². The number of carboxylic acids is 1. The van der Waals surface area contributed by atoms with E-state index in [1.807, 2.05) is 24.3 Å². The minimum atomic E-state index is -0.790. The molecule has 1 aromatic carbocycles. The van der Waals surface area contributed by atoms with Crippen molar-refractivity contribution in [2.75, 3.05) is 27.2 Å². The molecule has 0 saturated carbocycles. The zero-order valence-electron chi connectivity index (χ0n) is 12.9. The number of nitrogens with one attached hydrogen (secondary N) is 1. The predicted octanol–water partition coefficient (Wildman–Crippen LogP) is 1.99. The Hall–Kier alpha value is -1.39. The van der Waals surface area contributed by atoms with Gasteiger partial charge in [-0.1, -0.05) is 38.1 Å². The second kappa shape index (κ2) is 7.41. The van der Waals surface area contributed by atoms with Gasteiger partial charge in [0.25, 0.3) is 0 Å². The smallest absolute Gasteiger partial charge is 0.307 e. The molecule has 4 nitrogen and oxygen atoms in total.